The third-order valence-electron chi connectivity index (χ3n) is 4.58. The van der Waals surface area contributed by atoms with Gasteiger partial charge in [0.1, 0.15) is 5.69 Å². The Balaban J connectivity index is 1.97. The second-order valence-corrected chi connectivity index (χ2v) is 8.06. The van der Waals surface area contributed by atoms with Crippen molar-refractivity contribution in [3.05, 3.63) is 64.7 Å². The maximum Gasteiger partial charge on any atom is 0.292 e. The predicted molar refractivity (Wildman–Crippen MR) is 119 cm³/mol. The molecule has 2 aromatic rings. The van der Waals surface area contributed by atoms with Crippen LogP contribution in [-0.4, -0.2) is 52.9 Å². The van der Waals surface area contributed by atoms with Crippen LogP contribution >= 0.6 is 11.8 Å². The molecule has 0 radical (unpaired) electrons. The average molecular weight is 433 g/mol. The molecule has 0 heterocycles. The van der Waals surface area contributed by atoms with Gasteiger partial charge < -0.3 is 10.2 Å². The van der Waals surface area contributed by atoms with E-state index in [-0.39, 0.29) is 23.1 Å². The van der Waals surface area contributed by atoms with Gasteiger partial charge in [-0.05, 0) is 51.2 Å². The molecule has 0 spiro atoms. The zero-order valence-corrected chi connectivity index (χ0v) is 17.8. The molecule has 0 aliphatic rings. The first kappa shape index (κ1) is 23.7. The number of hydroxylamine groups is 1. The molecule has 1 unspecified atom stereocenters. The molecule has 0 saturated heterocycles. The van der Waals surface area contributed by atoms with Crippen LogP contribution in [0.3, 0.4) is 0 Å². The van der Waals surface area contributed by atoms with E-state index in [2.05, 4.69) is 10.2 Å². The van der Waals surface area contributed by atoms with Crippen LogP contribution in [0, 0.1) is 10.1 Å². The van der Waals surface area contributed by atoms with Crippen molar-refractivity contribution in [3.8, 4) is 0 Å². The van der Waals surface area contributed by atoms with Crippen molar-refractivity contribution in [2.75, 3.05) is 31.2 Å². The van der Waals surface area contributed by atoms with E-state index in [1.165, 1.54) is 6.07 Å². The number of nitrogens with zero attached hydrogens (tertiary/aromatic N) is 2. The molecule has 162 valence electrons. The van der Waals surface area contributed by atoms with Gasteiger partial charge in [0.2, 0.25) is 5.91 Å². The van der Waals surface area contributed by atoms with Gasteiger partial charge in [-0.1, -0.05) is 30.3 Å². The number of hydrogen-bond donors (Lipinski definition) is 3. The minimum absolute atomic E-state index is 0.0273. The highest BCUT2D eigenvalue weighted by atomic mass is 32.2. The van der Waals surface area contributed by atoms with E-state index in [9.17, 15) is 14.9 Å². The summed E-state index contributed by atoms with van der Waals surface area (Å²) in [5.41, 5.74) is 2.22. The first-order valence-corrected chi connectivity index (χ1v) is 10.8. The summed E-state index contributed by atoms with van der Waals surface area (Å²) in [5, 5.41) is 23.3. The van der Waals surface area contributed by atoms with E-state index in [1.807, 2.05) is 37.4 Å². The Morgan fingerprint density at radius 1 is 1.17 bits per heavy atom. The molecule has 0 fully saturated rings. The smallest absolute Gasteiger partial charge is 0.292 e. The Labute approximate surface area is 180 Å². The number of hydrogen-bond acceptors (Lipinski definition) is 7. The standard InChI is InChI=1S/C21H28N4O4S/c1-24(14-7-12-21(26)23-27)15-13-17(16-30-18-8-3-2-4-9-18)22-19-10-5-6-11-20(19)25(28)29/h2-6,8-11,17,22,27H,7,12-16H2,1H3,(H,23,26). The summed E-state index contributed by atoms with van der Waals surface area (Å²) in [5.74, 6) is 0.371. The minimum atomic E-state index is -0.390. The third kappa shape index (κ3) is 8.40. The van der Waals surface area contributed by atoms with Crippen LogP contribution in [0.4, 0.5) is 11.4 Å². The number of nitrogens with one attached hydrogen (secondary N) is 2. The molecule has 8 nitrogen and oxygen atoms in total. The fraction of sp³-hybridized carbons (Fsp3) is 0.381. The van der Waals surface area contributed by atoms with E-state index >= 15 is 0 Å². The average Bonchev–Trinajstić information content (AvgIpc) is 2.76. The van der Waals surface area contributed by atoms with Crippen molar-refractivity contribution in [2.45, 2.75) is 30.2 Å². The Kier molecular flexibility index (Phi) is 10.1. The summed E-state index contributed by atoms with van der Waals surface area (Å²) in [4.78, 5) is 25.4. The number of thioether (sulfide) groups is 1. The van der Waals surface area contributed by atoms with E-state index in [0.717, 1.165) is 30.2 Å². The number of anilines is 1. The van der Waals surface area contributed by atoms with Gasteiger partial charge in [0.25, 0.3) is 5.69 Å². The van der Waals surface area contributed by atoms with Crippen molar-refractivity contribution < 1.29 is 14.9 Å². The summed E-state index contributed by atoms with van der Waals surface area (Å²) < 4.78 is 0. The molecule has 0 aliphatic carbocycles. The highest BCUT2D eigenvalue weighted by molar-refractivity contribution is 7.99. The summed E-state index contributed by atoms with van der Waals surface area (Å²) in [6.07, 6.45) is 1.70. The molecule has 2 rings (SSSR count). The molecule has 9 heteroatoms. The van der Waals surface area contributed by atoms with Crippen LogP contribution in [0.15, 0.2) is 59.5 Å². The van der Waals surface area contributed by atoms with Gasteiger partial charge in [-0.2, -0.15) is 0 Å². The lowest BCUT2D eigenvalue weighted by Crippen LogP contribution is -2.30. The van der Waals surface area contributed by atoms with E-state index < -0.39 is 5.91 Å². The third-order valence-corrected chi connectivity index (χ3v) is 5.76. The molecular formula is C21H28N4O4S. The minimum Gasteiger partial charge on any atom is -0.376 e. The van der Waals surface area contributed by atoms with E-state index in [0.29, 0.717) is 12.1 Å². The molecule has 2 aromatic carbocycles. The number of carbonyl (C=O) groups excluding carboxylic acids is 1. The Bertz CT molecular complexity index is 807. The lowest BCUT2D eigenvalue weighted by Gasteiger charge is -2.23. The van der Waals surface area contributed by atoms with E-state index in [4.69, 9.17) is 5.21 Å². The highest BCUT2D eigenvalue weighted by Gasteiger charge is 2.17. The Hall–Kier alpha value is -2.62. The molecule has 0 aromatic heterocycles. The van der Waals surface area contributed by atoms with Gasteiger partial charge in [-0.25, -0.2) is 5.48 Å². The summed E-state index contributed by atoms with van der Waals surface area (Å²) in [6, 6.07) is 16.8. The highest BCUT2D eigenvalue weighted by Crippen LogP contribution is 2.26. The maximum absolute atomic E-state index is 11.3. The molecule has 0 aliphatic heterocycles. The predicted octanol–water partition coefficient (Wildman–Crippen LogP) is 3.78. The number of amides is 1. The number of nitro benzene ring substituents is 1. The van der Waals surface area contributed by atoms with Crippen LogP contribution in [0.2, 0.25) is 0 Å². The molecule has 0 saturated carbocycles. The first-order chi connectivity index (χ1) is 14.5. The lowest BCUT2D eigenvalue weighted by atomic mass is 10.2. The largest absolute Gasteiger partial charge is 0.376 e. The van der Waals surface area contributed by atoms with Crippen LogP contribution < -0.4 is 10.8 Å². The van der Waals surface area contributed by atoms with Crippen molar-refractivity contribution >= 4 is 29.0 Å². The van der Waals surface area contributed by atoms with Gasteiger partial charge in [0.15, 0.2) is 0 Å². The summed E-state index contributed by atoms with van der Waals surface area (Å²) >= 11 is 1.71. The Morgan fingerprint density at radius 3 is 2.57 bits per heavy atom. The van der Waals surface area contributed by atoms with Crippen LogP contribution in [-0.2, 0) is 4.79 Å². The second kappa shape index (κ2) is 12.8. The normalized spacial score (nSPS) is 11.8. The topological polar surface area (TPSA) is 108 Å². The van der Waals surface area contributed by atoms with Gasteiger partial charge >= 0.3 is 0 Å². The van der Waals surface area contributed by atoms with Crippen molar-refractivity contribution in [1.29, 1.82) is 0 Å². The maximum atomic E-state index is 11.3. The monoisotopic (exact) mass is 432 g/mol. The quantitative estimate of drug-likeness (QED) is 0.191. The molecular weight excluding hydrogens is 404 g/mol. The number of rotatable bonds is 13. The molecule has 0 bridgehead atoms. The second-order valence-electron chi connectivity index (χ2n) is 6.97. The molecule has 3 N–H and O–H groups in total. The fourth-order valence-electron chi connectivity index (χ4n) is 2.94. The summed E-state index contributed by atoms with van der Waals surface area (Å²) in [7, 11) is 1.98. The van der Waals surface area contributed by atoms with Crippen LogP contribution in [0.5, 0.6) is 0 Å². The number of carbonyl (C=O) groups is 1. The van der Waals surface area contributed by atoms with Crippen LogP contribution in [0.25, 0.3) is 0 Å². The molecule has 1 atom stereocenters. The van der Waals surface area contributed by atoms with Gasteiger partial charge in [0.05, 0.1) is 4.92 Å². The molecule has 30 heavy (non-hydrogen) atoms. The first-order valence-electron chi connectivity index (χ1n) is 9.79. The SMILES string of the molecule is CN(CCCC(=O)NO)CCC(CSc1ccccc1)Nc1ccccc1[N+](=O)[O-]. The Morgan fingerprint density at radius 2 is 1.87 bits per heavy atom. The van der Waals surface area contributed by atoms with Gasteiger partial charge in [-0.15, -0.1) is 11.8 Å². The van der Waals surface area contributed by atoms with Crippen LogP contribution in [0.1, 0.15) is 19.3 Å². The lowest BCUT2D eigenvalue weighted by molar-refractivity contribution is -0.384. The van der Waals surface area contributed by atoms with Crippen molar-refractivity contribution in [1.82, 2.24) is 10.4 Å². The summed E-state index contributed by atoms with van der Waals surface area (Å²) in [6.45, 7) is 1.49. The molecule has 1 amide bonds. The fourth-order valence-corrected chi connectivity index (χ4v) is 3.93. The number of benzene rings is 2. The van der Waals surface area contributed by atoms with Crippen molar-refractivity contribution in [3.63, 3.8) is 0 Å². The van der Waals surface area contributed by atoms with Gasteiger partial charge in [-0.3, -0.25) is 20.1 Å². The number of para-hydroxylation sites is 2. The zero-order valence-electron chi connectivity index (χ0n) is 17.0. The van der Waals surface area contributed by atoms with Crippen molar-refractivity contribution in [2.24, 2.45) is 0 Å². The number of nitro groups is 1. The zero-order chi connectivity index (χ0) is 21.8. The van der Waals surface area contributed by atoms with Gasteiger partial charge in [0, 0.05) is 29.2 Å². The van der Waals surface area contributed by atoms with E-state index in [1.54, 1.807) is 35.4 Å².